The fourth-order valence-corrected chi connectivity index (χ4v) is 2.46. The lowest BCUT2D eigenvalue weighted by molar-refractivity contribution is -0.130. The van der Waals surface area contributed by atoms with Gasteiger partial charge < -0.3 is 9.47 Å². The van der Waals surface area contributed by atoms with Gasteiger partial charge in [0.1, 0.15) is 11.4 Å². The number of hydrogen-bond acceptors (Lipinski definition) is 3. The van der Waals surface area contributed by atoms with E-state index in [1.165, 1.54) is 0 Å². The summed E-state index contributed by atoms with van der Waals surface area (Å²) in [5, 5.41) is 0. The minimum atomic E-state index is -0.776. The molecule has 1 aliphatic carbocycles. The van der Waals surface area contributed by atoms with Gasteiger partial charge in [-0.25, -0.2) is 0 Å². The maximum absolute atomic E-state index is 11.3. The molecule has 0 N–H and O–H groups in total. The van der Waals surface area contributed by atoms with Crippen LogP contribution in [0.4, 0.5) is 0 Å². The highest BCUT2D eigenvalue weighted by Gasteiger charge is 2.37. The molecule has 16 heavy (non-hydrogen) atoms. The minimum Gasteiger partial charge on any atom is -0.496 e. The van der Waals surface area contributed by atoms with Crippen molar-refractivity contribution in [3.63, 3.8) is 0 Å². The second-order valence-electron chi connectivity index (χ2n) is 4.05. The van der Waals surface area contributed by atoms with Crippen molar-refractivity contribution in [1.29, 1.82) is 0 Å². The molecule has 0 saturated heterocycles. The molecule has 0 heterocycles. The van der Waals surface area contributed by atoms with Crippen LogP contribution in [0.1, 0.15) is 24.0 Å². The molecule has 0 radical (unpaired) electrons. The van der Waals surface area contributed by atoms with E-state index in [4.69, 9.17) is 9.47 Å². The smallest absolute Gasteiger partial charge is 0.156 e. The molecular weight excluding hydrogens is 204 g/mol. The molecule has 0 aromatic heterocycles. The normalized spacial score (nSPS) is 23.6. The summed E-state index contributed by atoms with van der Waals surface area (Å²) < 4.78 is 10.8. The topological polar surface area (TPSA) is 35.5 Å². The van der Waals surface area contributed by atoms with Crippen LogP contribution in [-0.2, 0) is 21.6 Å². The fraction of sp³-hybridized carbons (Fsp3) is 0.462. The molecule has 3 nitrogen and oxygen atoms in total. The van der Waals surface area contributed by atoms with Gasteiger partial charge in [-0.05, 0) is 30.9 Å². The number of benzene rings is 1. The van der Waals surface area contributed by atoms with Crippen molar-refractivity contribution in [2.24, 2.45) is 0 Å². The molecule has 1 aromatic rings. The first-order valence-corrected chi connectivity index (χ1v) is 5.45. The van der Waals surface area contributed by atoms with Gasteiger partial charge in [0.25, 0.3) is 0 Å². The molecule has 3 heteroatoms. The quantitative estimate of drug-likeness (QED) is 0.731. The summed E-state index contributed by atoms with van der Waals surface area (Å²) in [7, 11) is 3.24. The van der Waals surface area contributed by atoms with Crippen molar-refractivity contribution in [1.82, 2.24) is 0 Å². The summed E-state index contributed by atoms with van der Waals surface area (Å²) in [6, 6.07) is 5.78. The van der Waals surface area contributed by atoms with E-state index in [1.54, 1.807) is 14.2 Å². The van der Waals surface area contributed by atoms with Gasteiger partial charge in [0.2, 0.25) is 0 Å². The molecular formula is C13H16O3. The van der Waals surface area contributed by atoms with Gasteiger partial charge in [-0.15, -0.1) is 0 Å². The third-order valence-electron chi connectivity index (χ3n) is 3.34. The van der Waals surface area contributed by atoms with Gasteiger partial charge in [0, 0.05) is 12.7 Å². The Balaban J connectivity index is 2.58. The monoisotopic (exact) mass is 220 g/mol. The molecule has 1 atom stereocenters. The van der Waals surface area contributed by atoms with Gasteiger partial charge in [0.05, 0.1) is 7.11 Å². The van der Waals surface area contributed by atoms with E-state index in [1.807, 2.05) is 18.2 Å². The van der Waals surface area contributed by atoms with Crippen molar-refractivity contribution in [2.75, 3.05) is 14.2 Å². The van der Waals surface area contributed by atoms with Crippen LogP contribution in [0.2, 0.25) is 0 Å². The van der Waals surface area contributed by atoms with Crippen LogP contribution in [0.5, 0.6) is 5.75 Å². The van der Waals surface area contributed by atoms with E-state index in [2.05, 4.69) is 0 Å². The number of ether oxygens (including phenoxy) is 2. The predicted molar refractivity (Wildman–Crippen MR) is 60.7 cm³/mol. The summed E-state index contributed by atoms with van der Waals surface area (Å²) in [5.41, 5.74) is 1.28. The molecule has 0 saturated carbocycles. The Labute approximate surface area is 95.4 Å². The van der Waals surface area contributed by atoms with Crippen LogP contribution in [-0.4, -0.2) is 20.5 Å². The lowest BCUT2D eigenvalue weighted by atomic mass is 9.79. The van der Waals surface area contributed by atoms with Crippen LogP contribution >= 0.6 is 0 Å². The van der Waals surface area contributed by atoms with Gasteiger partial charge in [-0.1, -0.05) is 12.1 Å². The number of hydrogen-bond donors (Lipinski definition) is 0. The zero-order chi connectivity index (χ0) is 11.6. The van der Waals surface area contributed by atoms with E-state index in [-0.39, 0.29) is 0 Å². The van der Waals surface area contributed by atoms with Gasteiger partial charge in [-0.2, -0.15) is 0 Å². The Morgan fingerprint density at radius 2 is 2.19 bits per heavy atom. The molecule has 0 aliphatic heterocycles. The van der Waals surface area contributed by atoms with Crippen molar-refractivity contribution < 1.29 is 14.3 Å². The number of methoxy groups -OCH3 is 2. The summed E-state index contributed by atoms with van der Waals surface area (Å²) in [6.45, 7) is 0. The average molecular weight is 220 g/mol. The molecule has 0 bridgehead atoms. The zero-order valence-electron chi connectivity index (χ0n) is 9.66. The third-order valence-corrected chi connectivity index (χ3v) is 3.34. The largest absolute Gasteiger partial charge is 0.496 e. The van der Waals surface area contributed by atoms with Crippen LogP contribution in [0.25, 0.3) is 0 Å². The van der Waals surface area contributed by atoms with Crippen LogP contribution in [0, 0.1) is 0 Å². The molecule has 0 spiro atoms. The van der Waals surface area contributed by atoms with E-state index in [0.29, 0.717) is 0 Å². The third kappa shape index (κ3) is 1.52. The van der Waals surface area contributed by atoms with Crippen molar-refractivity contribution in [3.8, 4) is 5.75 Å². The van der Waals surface area contributed by atoms with Crippen molar-refractivity contribution >= 4 is 6.29 Å². The molecule has 1 unspecified atom stereocenters. The second-order valence-corrected chi connectivity index (χ2v) is 4.05. The molecule has 1 aliphatic rings. The Kier molecular flexibility index (Phi) is 2.97. The van der Waals surface area contributed by atoms with Gasteiger partial charge in [-0.3, -0.25) is 4.79 Å². The Morgan fingerprint density at radius 3 is 2.81 bits per heavy atom. The first-order chi connectivity index (χ1) is 7.77. The summed E-state index contributed by atoms with van der Waals surface area (Å²) >= 11 is 0. The Bertz CT molecular complexity index is 400. The lowest BCUT2D eigenvalue weighted by Crippen LogP contribution is -2.34. The highest BCUT2D eigenvalue weighted by Crippen LogP contribution is 2.40. The molecule has 86 valence electrons. The Morgan fingerprint density at radius 1 is 1.38 bits per heavy atom. The highest BCUT2D eigenvalue weighted by molar-refractivity contribution is 5.69. The summed E-state index contributed by atoms with van der Waals surface area (Å²) in [4.78, 5) is 11.3. The molecule has 0 fully saturated rings. The second kappa shape index (κ2) is 4.26. The average Bonchev–Trinajstić information content (AvgIpc) is 2.37. The zero-order valence-corrected chi connectivity index (χ0v) is 9.66. The van der Waals surface area contributed by atoms with E-state index in [9.17, 15) is 4.79 Å². The number of aldehydes is 1. The lowest BCUT2D eigenvalue weighted by Gasteiger charge is -2.33. The predicted octanol–water partition coefficient (Wildman–Crippen LogP) is 2.07. The van der Waals surface area contributed by atoms with Crippen molar-refractivity contribution in [2.45, 2.75) is 24.9 Å². The first-order valence-electron chi connectivity index (χ1n) is 5.45. The SMILES string of the molecule is COc1cccc2c1CCCC2(C=O)OC. The van der Waals surface area contributed by atoms with Gasteiger partial charge >= 0.3 is 0 Å². The number of carbonyl (C=O) groups excluding carboxylic acids is 1. The standard InChI is InChI=1S/C13H16O3/c1-15-12-7-3-6-11-10(12)5-4-8-13(11,9-14)16-2/h3,6-7,9H,4-5,8H2,1-2H3. The highest BCUT2D eigenvalue weighted by atomic mass is 16.5. The van der Waals surface area contributed by atoms with Gasteiger partial charge in [0.15, 0.2) is 6.29 Å². The minimum absolute atomic E-state index is 0.743. The maximum atomic E-state index is 11.3. The number of carbonyl (C=O) groups is 1. The molecule has 0 amide bonds. The molecule has 2 rings (SSSR count). The number of fused-ring (bicyclic) bond motifs is 1. The number of rotatable bonds is 3. The van der Waals surface area contributed by atoms with Crippen molar-refractivity contribution in [3.05, 3.63) is 29.3 Å². The van der Waals surface area contributed by atoms with E-state index in [0.717, 1.165) is 42.4 Å². The first kappa shape index (κ1) is 11.1. The Hall–Kier alpha value is -1.35. The van der Waals surface area contributed by atoms with E-state index < -0.39 is 5.60 Å². The van der Waals surface area contributed by atoms with Crippen LogP contribution in [0.3, 0.4) is 0 Å². The molecule has 1 aromatic carbocycles. The fourth-order valence-electron chi connectivity index (χ4n) is 2.46. The van der Waals surface area contributed by atoms with Crippen LogP contribution in [0.15, 0.2) is 18.2 Å². The maximum Gasteiger partial charge on any atom is 0.156 e. The summed E-state index contributed by atoms with van der Waals surface area (Å²) in [6.07, 6.45) is 3.54. The van der Waals surface area contributed by atoms with Crippen LogP contribution < -0.4 is 4.74 Å². The summed E-state index contributed by atoms with van der Waals surface area (Å²) in [5.74, 6) is 0.848. The van der Waals surface area contributed by atoms with E-state index >= 15 is 0 Å².